The van der Waals surface area contributed by atoms with E-state index in [9.17, 15) is 22.8 Å². The summed E-state index contributed by atoms with van der Waals surface area (Å²) in [7, 11) is 0. The van der Waals surface area contributed by atoms with E-state index in [-0.39, 0.29) is 13.0 Å². The molecule has 0 aromatic carbocycles. The van der Waals surface area contributed by atoms with Crippen LogP contribution in [0, 0.1) is 0 Å². The molecular weight excluding hydrogens is 255 g/mol. The van der Waals surface area contributed by atoms with Gasteiger partial charge in [0.1, 0.15) is 0 Å². The van der Waals surface area contributed by atoms with Gasteiger partial charge < -0.3 is 10.4 Å². The number of halogens is 3. The molecule has 1 heterocycles. The van der Waals surface area contributed by atoms with Crippen LogP contribution >= 0.6 is 0 Å². The Morgan fingerprint density at radius 3 is 2.56 bits per heavy atom. The molecule has 0 aliphatic carbocycles. The quantitative estimate of drug-likeness (QED) is 0.860. The van der Waals surface area contributed by atoms with Gasteiger partial charge in [-0.05, 0) is 0 Å². The summed E-state index contributed by atoms with van der Waals surface area (Å²) < 4.78 is 38.5. The third kappa shape index (κ3) is 3.75. The lowest BCUT2D eigenvalue weighted by atomic mass is 10.3. The molecule has 0 radical (unpaired) electrons. The van der Waals surface area contributed by atoms with Gasteiger partial charge in [-0.15, -0.1) is 0 Å². The number of nitrogens with zero attached hydrogens (tertiary/aromatic N) is 2. The third-order valence-corrected chi connectivity index (χ3v) is 1.90. The second kappa shape index (κ2) is 5.07. The average Bonchev–Trinajstić information content (AvgIpc) is 2.56. The topological polar surface area (TPSA) is 84.2 Å². The molecule has 9 heteroatoms. The average molecular weight is 265 g/mol. The molecular formula is C9H10F3N3O3. The summed E-state index contributed by atoms with van der Waals surface area (Å²) in [5, 5.41) is 13.6. The number of carbonyl (C=O) groups excluding carboxylic acids is 1. The highest BCUT2D eigenvalue weighted by Crippen LogP contribution is 2.33. The monoisotopic (exact) mass is 265 g/mol. The Hall–Kier alpha value is -2.06. The summed E-state index contributed by atoms with van der Waals surface area (Å²) in [4.78, 5) is 21.1. The number of amides is 1. The van der Waals surface area contributed by atoms with Crippen LogP contribution < -0.4 is 5.32 Å². The first-order chi connectivity index (χ1) is 8.20. The number of rotatable bonds is 4. The fourth-order valence-corrected chi connectivity index (χ4v) is 1.24. The normalized spacial score (nSPS) is 11.3. The molecule has 0 bridgehead atoms. The first-order valence-electron chi connectivity index (χ1n) is 4.84. The van der Waals surface area contributed by atoms with Crippen LogP contribution in [-0.2, 0) is 22.3 Å². The largest absolute Gasteiger partial charge is 0.481 e. The van der Waals surface area contributed by atoms with Gasteiger partial charge in [-0.1, -0.05) is 0 Å². The number of aromatic nitrogens is 2. The van der Waals surface area contributed by atoms with Crippen molar-refractivity contribution in [1.82, 2.24) is 9.78 Å². The van der Waals surface area contributed by atoms with Gasteiger partial charge in [0, 0.05) is 13.1 Å². The minimum absolute atomic E-state index is 0.210. The molecule has 1 rings (SSSR count). The highest BCUT2D eigenvalue weighted by molar-refractivity contribution is 5.89. The van der Waals surface area contributed by atoms with Crippen molar-refractivity contribution in [3.05, 3.63) is 11.9 Å². The van der Waals surface area contributed by atoms with E-state index in [0.29, 0.717) is 0 Å². The third-order valence-electron chi connectivity index (χ3n) is 1.90. The van der Waals surface area contributed by atoms with Crippen molar-refractivity contribution < 1.29 is 27.9 Å². The predicted molar refractivity (Wildman–Crippen MR) is 53.8 cm³/mol. The number of carbonyl (C=O) groups is 2. The number of aryl methyl sites for hydroxylation is 1. The van der Waals surface area contributed by atoms with E-state index in [2.05, 4.69) is 5.10 Å². The predicted octanol–water partition coefficient (Wildman–Crippen LogP) is 1.34. The van der Waals surface area contributed by atoms with Crippen molar-refractivity contribution in [2.24, 2.45) is 0 Å². The SMILES string of the molecule is CC(=O)Nc1cn(CCC(=O)O)nc1C(F)(F)F. The second-order valence-electron chi connectivity index (χ2n) is 3.48. The molecule has 100 valence electrons. The molecule has 1 aromatic rings. The number of nitrogens with one attached hydrogen (secondary N) is 1. The van der Waals surface area contributed by atoms with Crippen LogP contribution in [-0.4, -0.2) is 26.8 Å². The molecule has 0 fully saturated rings. The number of hydrogen-bond donors (Lipinski definition) is 2. The van der Waals surface area contributed by atoms with Crippen molar-refractivity contribution in [2.45, 2.75) is 26.1 Å². The van der Waals surface area contributed by atoms with Crippen LogP contribution in [0.15, 0.2) is 6.20 Å². The maximum absolute atomic E-state index is 12.6. The van der Waals surface area contributed by atoms with Gasteiger partial charge in [-0.2, -0.15) is 18.3 Å². The highest BCUT2D eigenvalue weighted by atomic mass is 19.4. The zero-order chi connectivity index (χ0) is 13.9. The lowest BCUT2D eigenvalue weighted by Crippen LogP contribution is -2.13. The van der Waals surface area contributed by atoms with Gasteiger partial charge >= 0.3 is 12.1 Å². The van der Waals surface area contributed by atoms with Gasteiger partial charge in [-0.25, -0.2) is 0 Å². The number of carboxylic acid groups (broad SMARTS) is 1. The second-order valence-corrected chi connectivity index (χ2v) is 3.48. The molecule has 0 atom stereocenters. The first kappa shape index (κ1) is 14.0. The summed E-state index contributed by atoms with van der Waals surface area (Å²) in [5.41, 5.74) is -1.73. The number of alkyl halides is 3. The van der Waals surface area contributed by atoms with Gasteiger partial charge in [0.05, 0.1) is 18.7 Å². The summed E-state index contributed by atoms with van der Waals surface area (Å²) in [6.45, 7) is 0.854. The van der Waals surface area contributed by atoms with Crippen LogP contribution in [0.5, 0.6) is 0 Å². The molecule has 0 spiro atoms. The molecule has 0 aliphatic heterocycles. The van der Waals surface area contributed by atoms with Gasteiger partial charge in [0.15, 0.2) is 5.69 Å². The minimum Gasteiger partial charge on any atom is -0.481 e. The fraction of sp³-hybridized carbons (Fsp3) is 0.444. The lowest BCUT2D eigenvalue weighted by Gasteiger charge is -2.05. The number of carboxylic acids is 1. The summed E-state index contributed by atoms with van der Waals surface area (Å²) >= 11 is 0. The van der Waals surface area contributed by atoms with Gasteiger partial charge in [0.2, 0.25) is 5.91 Å². The Morgan fingerprint density at radius 2 is 2.11 bits per heavy atom. The number of aliphatic carboxylic acids is 1. The summed E-state index contributed by atoms with van der Waals surface area (Å²) in [5.74, 6) is -1.82. The standard InChI is InChI=1S/C9H10F3N3O3/c1-5(16)13-6-4-15(3-2-7(17)18)14-8(6)9(10,11)12/h4H,2-3H2,1H3,(H,13,16)(H,17,18). The van der Waals surface area contributed by atoms with Crippen molar-refractivity contribution in [1.29, 1.82) is 0 Å². The van der Waals surface area contributed by atoms with Gasteiger partial charge in [-0.3, -0.25) is 14.3 Å². The zero-order valence-corrected chi connectivity index (χ0v) is 9.28. The van der Waals surface area contributed by atoms with Crippen LogP contribution in [0.3, 0.4) is 0 Å². The fourth-order valence-electron chi connectivity index (χ4n) is 1.24. The van der Waals surface area contributed by atoms with E-state index < -0.39 is 29.4 Å². The van der Waals surface area contributed by atoms with E-state index in [1.165, 1.54) is 0 Å². The van der Waals surface area contributed by atoms with Crippen LogP contribution in [0.1, 0.15) is 19.0 Å². The Bertz CT molecular complexity index is 467. The first-order valence-corrected chi connectivity index (χ1v) is 4.84. The van der Waals surface area contributed by atoms with Crippen LogP contribution in [0.2, 0.25) is 0 Å². The van der Waals surface area contributed by atoms with E-state index >= 15 is 0 Å². The van der Waals surface area contributed by atoms with Crippen LogP contribution in [0.4, 0.5) is 18.9 Å². The molecule has 0 aliphatic rings. The van der Waals surface area contributed by atoms with Crippen LogP contribution in [0.25, 0.3) is 0 Å². The Morgan fingerprint density at radius 1 is 1.50 bits per heavy atom. The maximum atomic E-state index is 12.6. The van der Waals surface area contributed by atoms with E-state index in [1.807, 2.05) is 5.32 Å². The molecule has 2 N–H and O–H groups in total. The minimum atomic E-state index is -4.72. The molecule has 1 aromatic heterocycles. The van der Waals surface area contributed by atoms with Crippen molar-refractivity contribution in [2.75, 3.05) is 5.32 Å². The smallest absolute Gasteiger partial charge is 0.437 e. The van der Waals surface area contributed by atoms with Crippen molar-refractivity contribution in [3.8, 4) is 0 Å². The maximum Gasteiger partial charge on any atom is 0.437 e. The Labute approximate surface area is 99.4 Å². The molecule has 18 heavy (non-hydrogen) atoms. The van der Waals surface area contributed by atoms with Crippen molar-refractivity contribution in [3.63, 3.8) is 0 Å². The molecule has 6 nitrogen and oxygen atoms in total. The Balaban J connectivity index is 2.99. The zero-order valence-electron chi connectivity index (χ0n) is 9.28. The molecule has 0 saturated carbocycles. The highest BCUT2D eigenvalue weighted by Gasteiger charge is 2.37. The Kier molecular flexibility index (Phi) is 3.94. The number of hydrogen-bond acceptors (Lipinski definition) is 3. The van der Waals surface area contributed by atoms with Crippen molar-refractivity contribution >= 4 is 17.6 Å². The van der Waals surface area contributed by atoms with E-state index in [4.69, 9.17) is 5.11 Å². The van der Waals surface area contributed by atoms with E-state index in [1.54, 1.807) is 0 Å². The van der Waals surface area contributed by atoms with Gasteiger partial charge in [0.25, 0.3) is 0 Å². The number of anilines is 1. The lowest BCUT2D eigenvalue weighted by molar-refractivity contribution is -0.140. The van der Waals surface area contributed by atoms with E-state index in [0.717, 1.165) is 17.8 Å². The molecule has 1 amide bonds. The molecule has 0 saturated heterocycles. The summed E-state index contributed by atoms with van der Waals surface area (Å²) in [6, 6.07) is 0. The molecule has 0 unspecified atom stereocenters. The summed E-state index contributed by atoms with van der Waals surface area (Å²) in [6.07, 6.45) is -4.13.